The van der Waals surface area contributed by atoms with Crippen molar-refractivity contribution in [1.82, 2.24) is 4.90 Å². The van der Waals surface area contributed by atoms with Gasteiger partial charge in [0.25, 0.3) is 0 Å². The zero-order valence-electron chi connectivity index (χ0n) is 6.42. The molecule has 0 saturated heterocycles. The van der Waals surface area contributed by atoms with Gasteiger partial charge >= 0.3 is 0 Å². The van der Waals surface area contributed by atoms with Crippen molar-refractivity contribution in [3.63, 3.8) is 0 Å². The third kappa shape index (κ3) is 7.50. The number of hydrogen-bond donors (Lipinski definition) is 0. The van der Waals surface area contributed by atoms with Crippen molar-refractivity contribution in [1.29, 1.82) is 0 Å². The normalized spacial score (nSPS) is 10.6. The highest BCUT2D eigenvalue weighted by Gasteiger charge is 1.76. The zero-order chi connectivity index (χ0) is 7.11. The molecular formula is C7H15NO. The monoisotopic (exact) mass is 129 g/mol. The van der Waals surface area contributed by atoms with Crippen LogP contribution in [0.3, 0.4) is 0 Å². The Morgan fingerprint density at radius 2 is 2.11 bits per heavy atom. The van der Waals surface area contributed by atoms with E-state index in [2.05, 4.69) is 0 Å². The van der Waals surface area contributed by atoms with E-state index in [9.17, 15) is 0 Å². The predicted molar refractivity (Wildman–Crippen MR) is 39.3 cm³/mol. The summed E-state index contributed by atoms with van der Waals surface area (Å²) in [5.74, 6) is 0. The van der Waals surface area contributed by atoms with Crippen molar-refractivity contribution in [3.05, 3.63) is 12.3 Å². The lowest BCUT2D eigenvalue weighted by atomic mass is 10.6. The van der Waals surface area contributed by atoms with E-state index in [0.29, 0.717) is 6.61 Å². The zero-order valence-corrected chi connectivity index (χ0v) is 6.42. The molecule has 0 saturated carbocycles. The Labute approximate surface area is 57.1 Å². The molecule has 2 nitrogen and oxygen atoms in total. The summed E-state index contributed by atoms with van der Waals surface area (Å²) in [7, 11) is 3.98. The van der Waals surface area contributed by atoms with Crippen molar-refractivity contribution in [2.75, 3.05) is 27.3 Å². The first-order chi connectivity index (χ1) is 4.27. The van der Waals surface area contributed by atoms with E-state index in [1.54, 1.807) is 0 Å². The van der Waals surface area contributed by atoms with Crippen molar-refractivity contribution >= 4 is 0 Å². The second-order valence-corrected chi connectivity index (χ2v) is 2.01. The molecule has 0 spiro atoms. The van der Waals surface area contributed by atoms with E-state index in [-0.39, 0.29) is 0 Å². The molecule has 54 valence electrons. The molecule has 0 unspecified atom stereocenters. The van der Waals surface area contributed by atoms with Crippen LogP contribution in [0, 0.1) is 0 Å². The van der Waals surface area contributed by atoms with Crippen LogP contribution in [0.15, 0.2) is 12.3 Å². The maximum atomic E-state index is 5.07. The molecular weight excluding hydrogens is 114 g/mol. The Balaban J connectivity index is 3.04. The molecule has 0 amide bonds. The lowest BCUT2D eigenvalue weighted by molar-refractivity contribution is 0.177. The van der Waals surface area contributed by atoms with Gasteiger partial charge in [0.1, 0.15) is 0 Å². The molecule has 0 bridgehead atoms. The first-order valence-electron chi connectivity index (χ1n) is 3.18. The molecule has 0 aromatic rings. The molecule has 0 aliphatic rings. The topological polar surface area (TPSA) is 12.5 Å². The van der Waals surface area contributed by atoms with Crippen LogP contribution in [0.25, 0.3) is 0 Å². The summed E-state index contributed by atoms with van der Waals surface area (Å²) in [5.41, 5.74) is 0. The van der Waals surface area contributed by atoms with E-state index in [1.165, 1.54) is 0 Å². The molecule has 0 aliphatic carbocycles. The Morgan fingerprint density at radius 1 is 1.44 bits per heavy atom. The van der Waals surface area contributed by atoms with Gasteiger partial charge in [0.05, 0.1) is 6.61 Å². The van der Waals surface area contributed by atoms with Gasteiger partial charge in [-0.25, -0.2) is 0 Å². The predicted octanol–water partition coefficient (Wildman–Crippen LogP) is 1.10. The SMILES string of the molecule is CCOC/C=C/N(C)C. The van der Waals surface area contributed by atoms with Gasteiger partial charge in [0.2, 0.25) is 0 Å². The van der Waals surface area contributed by atoms with E-state index < -0.39 is 0 Å². The molecule has 0 atom stereocenters. The van der Waals surface area contributed by atoms with Crippen LogP contribution in [0.2, 0.25) is 0 Å². The van der Waals surface area contributed by atoms with Gasteiger partial charge < -0.3 is 9.64 Å². The van der Waals surface area contributed by atoms with Crippen LogP contribution in [0.5, 0.6) is 0 Å². The summed E-state index contributed by atoms with van der Waals surface area (Å²) in [6.07, 6.45) is 3.97. The second-order valence-electron chi connectivity index (χ2n) is 2.01. The highest BCUT2D eigenvalue weighted by atomic mass is 16.5. The molecule has 0 fully saturated rings. The third-order valence-electron chi connectivity index (χ3n) is 0.822. The minimum atomic E-state index is 0.717. The summed E-state index contributed by atoms with van der Waals surface area (Å²) >= 11 is 0. The molecule has 0 aromatic carbocycles. The molecule has 9 heavy (non-hydrogen) atoms. The van der Waals surface area contributed by atoms with E-state index >= 15 is 0 Å². The molecule has 0 aliphatic heterocycles. The smallest absolute Gasteiger partial charge is 0.0664 e. The standard InChI is InChI=1S/C7H15NO/c1-4-9-7-5-6-8(2)3/h5-6H,4,7H2,1-3H3/b6-5+. The van der Waals surface area contributed by atoms with Gasteiger partial charge in [-0.05, 0) is 19.2 Å². The molecule has 0 heterocycles. The summed E-state index contributed by atoms with van der Waals surface area (Å²) in [6.45, 7) is 3.50. The van der Waals surface area contributed by atoms with Crippen LogP contribution in [-0.4, -0.2) is 32.2 Å². The minimum Gasteiger partial charge on any atom is -0.384 e. The first-order valence-corrected chi connectivity index (χ1v) is 3.18. The van der Waals surface area contributed by atoms with E-state index in [1.807, 2.05) is 38.2 Å². The van der Waals surface area contributed by atoms with Gasteiger partial charge in [-0.15, -0.1) is 0 Å². The summed E-state index contributed by atoms with van der Waals surface area (Å²) in [6, 6.07) is 0. The van der Waals surface area contributed by atoms with Gasteiger partial charge in [-0.2, -0.15) is 0 Å². The summed E-state index contributed by atoms with van der Waals surface area (Å²) in [5, 5.41) is 0. The number of ether oxygens (including phenoxy) is 1. The maximum Gasteiger partial charge on any atom is 0.0664 e. The van der Waals surface area contributed by atoms with Gasteiger partial charge in [-0.1, -0.05) is 0 Å². The lowest BCUT2D eigenvalue weighted by Crippen LogP contribution is -2.01. The largest absolute Gasteiger partial charge is 0.384 e. The van der Waals surface area contributed by atoms with Crippen LogP contribution >= 0.6 is 0 Å². The Morgan fingerprint density at radius 3 is 2.56 bits per heavy atom. The van der Waals surface area contributed by atoms with Crippen molar-refractivity contribution in [3.8, 4) is 0 Å². The summed E-state index contributed by atoms with van der Waals surface area (Å²) in [4.78, 5) is 1.99. The Kier molecular flexibility index (Phi) is 5.32. The molecule has 0 aromatic heterocycles. The van der Waals surface area contributed by atoms with Crippen molar-refractivity contribution in [2.24, 2.45) is 0 Å². The highest BCUT2D eigenvalue weighted by molar-refractivity contribution is 4.78. The second kappa shape index (κ2) is 5.63. The maximum absolute atomic E-state index is 5.07. The summed E-state index contributed by atoms with van der Waals surface area (Å²) < 4.78 is 5.07. The van der Waals surface area contributed by atoms with Gasteiger partial charge in [0.15, 0.2) is 0 Å². The average molecular weight is 129 g/mol. The van der Waals surface area contributed by atoms with Crippen molar-refractivity contribution in [2.45, 2.75) is 6.92 Å². The van der Waals surface area contributed by atoms with Crippen LogP contribution < -0.4 is 0 Å². The first kappa shape index (κ1) is 8.50. The molecule has 2 heteroatoms. The van der Waals surface area contributed by atoms with Crippen LogP contribution in [0.1, 0.15) is 6.92 Å². The van der Waals surface area contributed by atoms with Crippen LogP contribution in [0.4, 0.5) is 0 Å². The van der Waals surface area contributed by atoms with E-state index in [4.69, 9.17) is 4.74 Å². The average Bonchev–Trinajstić information content (AvgIpc) is 1.80. The molecule has 0 N–H and O–H groups in total. The number of rotatable bonds is 4. The third-order valence-corrected chi connectivity index (χ3v) is 0.822. The molecule has 0 rings (SSSR count). The van der Waals surface area contributed by atoms with E-state index in [0.717, 1.165) is 6.61 Å². The number of nitrogens with zero attached hydrogens (tertiary/aromatic N) is 1. The molecule has 0 radical (unpaired) electrons. The number of hydrogen-bond acceptors (Lipinski definition) is 2. The Hall–Kier alpha value is -0.500. The van der Waals surface area contributed by atoms with Crippen molar-refractivity contribution < 1.29 is 4.74 Å². The fourth-order valence-electron chi connectivity index (χ4n) is 0.440. The fourth-order valence-corrected chi connectivity index (χ4v) is 0.440. The Bertz CT molecular complexity index is 79.0. The fraction of sp³-hybridized carbons (Fsp3) is 0.714. The lowest BCUT2D eigenvalue weighted by Gasteiger charge is -2.02. The highest BCUT2D eigenvalue weighted by Crippen LogP contribution is 1.78. The quantitative estimate of drug-likeness (QED) is 0.527. The minimum absolute atomic E-state index is 0.717. The van der Waals surface area contributed by atoms with Gasteiger partial charge in [0, 0.05) is 20.7 Å². The van der Waals surface area contributed by atoms with Gasteiger partial charge in [-0.3, -0.25) is 0 Å². The van der Waals surface area contributed by atoms with Crippen LogP contribution in [-0.2, 0) is 4.74 Å².